The second kappa shape index (κ2) is 16.4. The quantitative estimate of drug-likeness (QED) is 0.356. The van der Waals surface area contributed by atoms with E-state index < -0.39 is 53.6 Å². The maximum Gasteiger partial charge on any atom is 0.410 e. The first-order valence-corrected chi connectivity index (χ1v) is 17.8. The van der Waals surface area contributed by atoms with Gasteiger partial charge in [-0.15, -0.1) is 0 Å². The van der Waals surface area contributed by atoms with E-state index in [2.05, 4.69) is 22.0 Å². The molecule has 3 aliphatic rings. The molecule has 2 fully saturated rings. The number of likely N-dealkylation sites (N-methyl/N-ethyl adjacent to an activating group) is 1. The van der Waals surface area contributed by atoms with E-state index in [0.29, 0.717) is 19.5 Å². The zero-order valence-corrected chi connectivity index (χ0v) is 29.6. The van der Waals surface area contributed by atoms with E-state index in [1.165, 1.54) is 10.5 Å². The Labute approximate surface area is 294 Å². The molecule has 12 heteroatoms. The van der Waals surface area contributed by atoms with Crippen molar-refractivity contribution in [2.45, 2.75) is 103 Å². The van der Waals surface area contributed by atoms with Gasteiger partial charge in [0.05, 0.1) is 6.54 Å². The standard InChI is InChI=1S/C38H51N5O7/c1-38(2,3)32(35(46)40-31(34(45)39-4)27-16-9-6-10-17-27)41-33(44)30-21-29(23-43(30)37(48)49-24-25-13-7-5-8-14-25)50-36(47)42-20-19-26-15-11-12-18-28(26)22-42/h5,7-8,11-15,18,27,29-32H,6,9-10,16-17,19-24H2,1-4H3,(H,39,45)(H,40,46)(H,41,44)/t29-,30+,31-,32+/m0/s1. The van der Waals surface area contributed by atoms with Crippen molar-refractivity contribution in [1.82, 2.24) is 25.8 Å². The monoisotopic (exact) mass is 689 g/mol. The van der Waals surface area contributed by atoms with Crippen LogP contribution in [0.2, 0.25) is 0 Å². The summed E-state index contributed by atoms with van der Waals surface area (Å²) < 4.78 is 11.5. The van der Waals surface area contributed by atoms with Crippen LogP contribution in [-0.2, 0) is 43.4 Å². The number of likely N-dealkylation sites (tertiary alicyclic amines) is 1. The van der Waals surface area contributed by atoms with E-state index in [4.69, 9.17) is 9.47 Å². The highest BCUT2D eigenvalue weighted by Crippen LogP contribution is 2.29. The van der Waals surface area contributed by atoms with Crippen LogP contribution >= 0.6 is 0 Å². The zero-order valence-electron chi connectivity index (χ0n) is 29.6. The molecule has 5 amide bonds. The molecular weight excluding hydrogens is 638 g/mol. The Balaban J connectivity index is 1.30. The lowest BCUT2D eigenvalue weighted by atomic mass is 9.82. The molecule has 1 saturated carbocycles. The molecule has 1 saturated heterocycles. The molecule has 2 aliphatic heterocycles. The molecule has 5 rings (SSSR count). The summed E-state index contributed by atoms with van der Waals surface area (Å²) >= 11 is 0. The number of fused-ring (bicyclic) bond motifs is 1. The number of nitrogens with one attached hydrogen (secondary N) is 3. The first-order valence-electron chi connectivity index (χ1n) is 17.8. The number of benzene rings is 2. The lowest BCUT2D eigenvalue weighted by Crippen LogP contribution is -2.61. The summed E-state index contributed by atoms with van der Waals surface area (Å²) in [7, 11) is 1.55. The van der Waals surface area contributed by atoms with E-state index in [1.54, 1.807) is 11.9 Å². The topological polar surface area (TPSA) is 146 Å². The van der Waals surface area contributed by atoms with Gasteiger partial charge < -0.3 is 30.3 Å². The van der Waals surface area contributed by atoms with E-state index in [0.717, 1.165) is 43.2 Å². The van der Waals surface area contributed by atoms with Crippen LogP contribution in [0, 0.1) is 11.3 Å². The molecule has 0 spiro atoms. The van der Waals surface area contributed by atoms with Gasteiger partial charge >= 0.3 is 12.2 Å². The summed E-state index contributed by atoms with van der Waals surface area (Å²) in [6, 6.07) is 14.3. The summed E-state index contributed by atoms with van der Waals surface area (Å²) in [5.74, 6) is -1.32. The van der Waals surface area contributed by atoms with Gasteiger partial charge in [0, 0.05) is 26.6 Å². The fourth-order valence-corrected chi connectivity index (χ4v) is 7.17. The molecule has 0 bridgehead atoms. The lowest BCUT2D eigenvalue weighted by Gasteiger charge is -2.35. The third-order valence-electron chi connectivity index (χ3n) is 10.0. The van der Waals surface area contributed by atoms with Crippen molar-refractivity contribution < 1.29 is 33.4 Å². The van der Waals surface area contributed by atoms with Crippen LogP contribution in [-0.4, -0.2) is 84.1 Å². The molecule has 0 unspecified atom stereocenters. The van der Waals surface area contributed by atoms with Crippen LogP contribution in [0.5, 0.6) is 0 Å². The Morgan fingerprint density at radius 2 is 1.54 bits per heavy atom. The van der Waals surface area contributed by atoms with Crippen molar-refractivity contribution in [3.63, 3.8) is 0 Å². The number of carbonyl (C=O) groups is 5. The van der Waals surface area contributed by atoms with Gasteiger partial charge in [-0.05, 0) is 47.3 Å². The maximum atomic E-state index is 14.1. The number of amides is 5. The Kier molecular flexibility index (Phi) is 12.0. The first kappa shape index (κ1) is 36.7. The number of hydrogen-bond donors (Lipinski definition) is 3. The molecule has 3 N–H and O–H groups in total. The minimum Gasteiger partial charge on any atom is -0.445 e. The SMILES string of the molecule is CNC(=O)[C@@H](NC(=O)[C@@H](NC(=O)[C@H]1C[C@H](OC(=O)N2CCc3ccccc3C2)CN1C(=O)OCc1ccccc1)C(C)(C)C)C1CCCCC1. The highest BCUT2D eigenvalue weighted by molar-refractivity contribution is 5.94. The largest absolute Gasteiger partial charge is 0.445 e. The summed E-state index contributed by atoms with van der Waals surface area (Å²) in [6.07, 6.45) is 3.45. The minimum atomic E-state index is -1.07. The van der Waals surface area contributed by atoms with Gasteiger partial charge in [0.15, 0.2) is 0 Å². The van der Waals surface area contributed by atoms with E-state index in [9.17, 15) is 24.0 Å². The second-order valence-corrected chi connectivity index (χ2v) is 14.7. The van der Waals surface area contributed by atoms with Gasteiger partial charge in [-0.1, -0.05) is 94.6 Å². The molecule has 0 radical (unpaired) electrons. The van der Waals surface area contributed by atoms with Gasteiger partial charge in [-0.2, -0.15) is 0 Å². The number of nitrogens with zero attached hydrogens (tertiary/aromatic N) is 2. The average Bonchev–Trinajstić information content (AvgIpc) is 3.55. The first-order chi connectivity index (χ1) is 23.9. The van der Waals surface area contributed by atoms with Crippen LogP contribution in [0.25, 0.3) is 0 Å². The van der Waals surface area contributed by atoms with Gasteiger partial charge in [0.1, 0.15) is 30.8 Å². The molecule has 2 aromatic rings. The van der Waals surface area contributed by atoms with E-state index >= 15 is 0 Å². The van der Waals surface area contributed by atoms with Gasteiger partial charge in [-0.25, -0.2) is 9.59 Å². The van der Waals surface area contributed by atoms with E-state index in [1.807, 2.05) is 69.3 Å². The Hall–Kier alpha value is -4.61. The van der Waals surface area contributed by atoms with Gasteiger partial charge in [0.25, 0.3) is 0 Å². The van der Waals surface area contributed by atoms with Crippen LogP contribution in [0.15, 0.2) is 54.6 Å². The van der Waals surface area contributed by atoms with Crippen LogP contribution in [0.3, 0.4) is 0 Å². The fraction of sp³-hybridized carbons (Fsp3) is 0.553. The number of ether oxygens (including phenoxy) is 2. The van der Waals surface area contributed by atoms with Crippen molar-refractivity contribution in [3.8, 4) is 0 Å². The average molecular weight is 690 g/mol. The molecular formula is C38H51N5O7. The fourth-order valence-electron chi connectivity index (χ4n) is 7.17. The number of hydrogen-bond acceptors (Lipinski definition) is 7. The summed E-state index contributed by atoms with van der Waals surface area (Å²) in [5.41, 5.74) is 2.29. The maximum absolute atomic E-state index is 14.1. The van der Waals surface area contributed by atoms with E-state index in [-0.39, 0.29) is 31.4 Å². The molecule has 4 atom stereocenters. The second-order valence-electron chi connectivity index (χ2n) is 14.7. The molecule has 0 aromatic heterocycles. The number of rotatable bonds is 9. The molecule has 1 aliphatic carbocycles. The molecule has 2 heterocycles. The molecule has 2 aromatic carbocycles. The van der Waals surface area contributed by atoms with Gasteiger partial charge in [0.2, 0.25) is 17.7 Å². The van der Waals surface area contributed by atoms with Gasteiger partial charge in [-0.3, -0.25) is 19.3 Å². The highest BCUT2D eigenvalue weighted by Gasteiger charge is 2.45. The Morgan fingerprint density at radius 3 is 2.22 bits per heavy atom. The summed E-state index contributed by atoms with van der Waals surface area (Å²) in [4.78, 5) is 70.6. The Morgan fingerprint density at radius 1 is 0.860 bits per heavy atom. The normalized spacial score (nSPS) is 20.6. The summed E-state index contributed by atoms with van der Waals surface area (Å²) in [6.45, 7) is 6.34. The zero-order chi connectivity index (χ0) is 35.8. The summed E-state index contributed by atoms with van der Waals surface area (Å²) in [5, 5.41) is 8.51. The van der Waals surface area contributed by atoms with Crippen molar-refractivity contribution in [3.05, 3.63) is 71.3 Å². The highest BCUT2D eigenvalue weighted by atomic mass is 16.6. The molecule has 12 nitrogen and oxygen atoms in total. The number of carbonyl (C=O) groups excluding carboxylic acids is 5. The Bertz CT molecular complexity index is 1520. The lowest BCUT2D eigenvalue weighted by molar-refractivity contribution is -0.136. The van der Waals surface area contributed by atoms with Crippen molar-refractivity contribution >= 4 is 29.9 Å². The van der Waals surface area contributed by atoms with Crippen molar-refractivity contribution in [2.75, 3.05) is 20.1 Å². The molecule has 270 valence electrons. The smallest absolute Gasteiger partial charge is 0.410 e. The minimum absolute atomic E-state index is 0.00231. The predicted octanol–water partition coefficient (Wildman–Crippen LogP) is 4.30. The molecule has 50 heavy (non-hydrogen) atoms. The third kappa shape index (κ3) is 9.13. The predicted molar refractivity (Wildman–Crippen MR) is 187 cm³/mol. The van der Waals surface area contributed by atoms with Crippen LogP contribution < -0.4 is 16.0 Å². The van der Waals surface area contributed by atoms with Crippen LogP contribution in [0.4, 0.5) is 9.59 Å². The van der Waals surface area contributed by atoms with Crippen molar-refractivity contribution in [2.24, 2.45) is 11.3 Å². The van der Waals surface area contributed by atoms with Crippen molar-refractivity contribution in [1.29, 1.82) is 0 Å². The third-order valence-corrected chi connectivity index (χ3v) is 10.0. The van der Waals surface area contributed by atoms with Crippen LogP contribution in [0.1, 0.15) is 76.0 Å².